The van der Waals surface area contributed by atoms with Crippen LogP contribution in [0.3, 0.4) is 0 Å². The van der Waals surface area contributed by atoms with Crippen molar-refractivity contribution >= 4 is 32.6 Å². The fourth-order valence-electron chi connectivity index (χ4n) is 9.61. The third-order valence-electron chi connectivity index (χ3n) is 11.9. The summed E-state index contributed by atoms with van der Waals surface area (Å²) in [6, 6.07) is 69.8. The van der Waals surface area contributed by atoms with E-state index in [4.69, 9.17) is 9.72 Å². The van der Waals surface area contributed by atoms with Crippen LogP contribution >= 0.6 is 0 Å². The van der Waals surface area contributed by atoms with Crippen LogP contribution in [0.2, 0.25) is 0 Å². The van der Waals surface area contributed by atoms with Gasteiger partial charge in [-0.3, -0.25) is 4.57 Å². The van der Waals surface area contributed by atoms with Crippen LogP contribution in [0, 0.1) is 0 Å². The van der Waals surface area contributed by atoms with Gasteiger partial charge in [-0.15, -0.1) is 0 Å². The molecular weight excluding hydrogens is 669 g/mol. The van der Waals surface area contributed by atoms with Crippen LogP contribution in [-0.4, -0.2) is 9.55 Å². The molecule has 3 heteroatoms. The first kappa shape index (κ1) is 30.3. The van der Waals surface area contributed by atoms with Crippen molar-refractivity contribution < 1.29 is 4.74 Å². The van der Waals surface area contributed by atoms with E-state index >= 15 is 0 Å². The highest BCUT2D eigenvalue weighted by Crippen LogP contribution is 2.63. The second-order valence-electron chi connectivity index (χ2n) is 14.6. The molecule has 0 saturated carbocycles. The quantitative estimate of drug-likeness (QED) is 0.183. The van der Waals surface area contributed by atoms with Crippen molar-refractivity contribution in [3.63, 3.8) is 0 Å². The van der Waals surface area contributed by atoms with Gasteiger partial charge in [0.05, 0.1) is 27.5 Å². The van der Waals surface area contributed by atoms with E-state index in [1.165, 1.54) is 33.0 Å². The van der Waals surface area contributed by atoms with Gasteiger partial charge < -0.3 is 4.74 Å². The lowest BCUT2D eigenvalue weighted by molar-refractivity contribution is 0.442. The van der Waals surface area contributed by atoms with Gasteiger partial charge >= 0.3 is 0 Å². The molecule has 0 N–H and O–H groups in total. The van der Waals surface area contributed by atoms with E-state index in [0.717, 1.165) is 72.6 Å². The first-order valence-corrected chi connectivity index (χ1v) is 18.9. The molecule has 0 bridgehead atoms. The minimum absolute atomic E-state index is 0.559. The van der Waals surface area contributed by atoms with Crippen molar-refractivity contribution in [1.82, 2.24) is 9.55 Å². The van der Waals surface area contributed by atoms with Crippen LogP contribution in [0.15, 0.2) is 194 Å². The molecule has 1 aliphatic heterocycles. The molecule has 1 spiro atoms. The van der Waals surface area contributed by atoms with Crippen LogP contribution in [0.5, 0.6) is 11.5 Å². The van der Waals surface area contributed by atoms with Crippen LogP contribution in [0.25, 0.3) is 71.9 Å². The molecule has 0 amide bonds. The second kappa shape index (κ2) is 11.4. The molecular formula is C52H32N2O. The van der Waals surface area contributed by atoms with Gasteiger partial charge in [-0.05, 0) is 74.5 Å². The zero-order valence-electron chi connectivity index (χ0n) is 29.8. The summed E-state index contributed by atoms with van der Waals surface area (Å²) in [5, 5.41) is 4.62. The predicted octanol–water partition coefficient (Wildman–Crippen LogP) is 13.1. The lowest BCUT2D eigenvalue weighted by Gasteiger charge is -2.39. The largest absolute Gasteiger partial charge is 0.456 e. The van der Waals surface area contributed by atoms with Gasteiger partial charge in [0, 0.05) is 22.1 Å². The Kier molecular flexibility index (Phi) is 6.26. The van der Waals surface area contributed by atoms with E-state index in [0.29, 0.717) is 0 Å². The van der Waals surface area contributed by atoms with Crippen molar-refractivity contribution in [2.75, 3.05) is 0 Å². The summed E-state index contributed by atoms with van der Waals surface area (Å²) in [5.41, 5.74) is 13.3. The summed E-state index contributed by atoms with van der Waals surface area (Å²) in [5.74, 6) is 2.63. The van der Waals surface area contributed by atoms with Crippen molar-refractivity contribution in [1.29, 1.82) is 0 Å². The van der Waals surface area contributed by atoms with Crippen LogP contribution in [0.4, 0.5) is 0 Å². The van der Waals surface area contributed by atoms with Crippen molar-refractivity contribution in [3.05, 3.63) is 216 Å². The van der Waals surface area contributed by atoms with Gasteiger partial charge in [-0.1, -0.05) is 164 Å². The number of hydrogen-bond acceptors (Lipinski definition) is 2. The number of rotatable bonds is 3. The van der Waals surface area contributed by atoms with E-state index in [9.17, 15) is 0 Å². The molecule has 10 aromatic rings. The number of benzene rings is 8. The summed E-state index contributed by atoms with van der Waals surface area (Å²) in [6.45, 7) is 0. The highest BCUT2D eigenvalue weighted by molar-refractivity contribution is 6.23. The molecule has 8 aromatic carbocycles. The number of pyridine rings is 1. The van der Waals surface area contributed by atoms with Crippen LogP contribution in [0.1, 0.15) is 22.3 Å². The second-order valence-corrected chi connectivity index (χ2v) is 14.6. The van der Waals surface area contributed by atoms with Crippen LogP contribution < -0.4 is 4.74 Å². The standard InChI is InChI=1S/C52H32N2O/c1-3-15-33(16-4-1)36-31-44(35-18-5-2-6-19-35)53-48(32-36)54-45-29-27-34-17-7-8-20-37(34)49(45)50-46(54)30-28-43-51(50)55-47-26-14-13-25-42(47)52(43)40-23-11-9-21-38(40)39-22-10-12-24-41(39)52/h1-32H. The van der Waals surface area contributed by atoms with E-state index in [2.05, 4.69) is 199 Å². The lowest BCUT2D eigenvalue weighted by Crippen LogP contribution is -2.32. The Labute approximate surface area is 318 Å². The number of nitrogens with zero attached hydrogens (tertiary/aromatic N) is 2. The van der Waals surface area contributed by atoms with Gasteiger partial charge in [-0.25, -0.2) is 4.98 Å². The number of fused-ring (bicyclic) bond motifs is 15. The normalized spacial score (nSPS) is 13.4. The average molecular weight is 701 g/mol. The summed E-state index contributed by atoms with van der Waals surface area (Å²) in [6.07, 6.45) is 0. The zero-order valence-corrected chi connectivity index (χ0v) is 29.8. The van der Waals surface area contributed by atoms with Gasteiger partial charge in [0.1, 0.15) is 17.3 Å². The molecule has 0 unspecified atom stereocenters. The summed E-state index contributed by atoms with van der Waals surface area (Å²) in [7, 11) is 0. The minimum Gasteiger partial charge on any atom is -0.456 e. The Morgan fingerprint density at radius 2 is 1.04 bits per heavy atom. The summed E-state index contributed by atoms with van der Waals surface area (Å²) >= 11 is 0. The third kappa shape index (κ3) is 4.12. The first-order chi connectivity index (χ1) is 27.3. The molecule has 12 rings (SSSR count). The van der Waals surface area contributed by atoms with Crippen molar-refractivity contribution in [3.8, 4) is 50.8 Å². The maximum Gasteiger partial charge on any atom is 0.142 e. The van der Waals surface area contributed by atoms with Gasteiger partial charge in [0.2, 0.25) is 0 Å². The van der Waals surface area contributed by atoms with E-state index in [-0.39, 0.29) is 0 Å². The monoisotopic (exact) mass is 700 g/mol. The minimum atomic E-state index is -0.559. The SMILES string of the molecule is c1ccc(-c2cc(-c3ccccc3)nc(-n3c4ccc5c(c4c4c6ccccc6ccc43)Oc3ccccc3C53c4ccccc4-c4ccccc43)c2)cc1. The van der Waals surface area contributed by atoms with Gasteiger partial charge in [0.25, 0.3) is 0 Å². The Morgan fingerprint density at radius 1 is 0.436 bits per heavy atom. The zero-order chi connectivity index (χ0) is 36.1. The van der Waals surface area contributed by atoms with E-state index < -0.39 is 5.41 Å². The molecule has 0 fully saturated rings. The Hall–Kier alpha value is -7.23. The summed E-state index contributed by atoms with van der Waals surface area (Å²) in [4.78, 5) is 5.45. The third-order valence-corrected chi connectivity index (χ3v) is 11.9. The summed E-state index contributed by atoms with van der Waals surface area (Å²) < 4.78 is 9.62. The van der Waals surface area contributed by atoms with Crippen LogP contribution in [-0.2, 0) is 5.41 Å². The lowest BCUT2D eigenvalue weighted by atomic mass is 9.66. The van der Waals surface area contributed by atoms with Crippen molar-refractivity contribution in [2.45, 2.75) is 5.41 Å². The topological polar surface area (TPSA) is 27.1 Å². The molecule has 55 heavy (non-hydrogen) atoms. The van der Waals surface area contributed by atoms with Gasteiger partial charge in [0.15, 0.2) is 0 Å². The number of aromatic nitrogens is 2. The fourth-order valence-corrected chi connectivity index (χ4v) is 9.61. The number of ether oxygens (including phenoxy) is 1. The molecule has 1 aliphatic carbocycles. The molecule has 256 valence electrons. The van der Waals surface area contributed by atoms with Crippen molar-refractivity contribution in [2.24, 2.45) is 0 Å². The molecule has 0 radical (unpaired) electrons. The fraction of sp³-hybridized carbons (Fsp3) is 0.0192. The molecule has 2 aromatic heterocycles. The van der Waals surface area contributed by atoms with E-state index in [1.807, 2.05) is 0 Å². The average Bonchev–Trinajstić information content (AvgIpc) is 3.76. The highest BCUT2D eigenvalue weighted by Gasteiger charge is 2.51. The van der Waals surface area contributed by atoms with Gasteiger partial charge in [-0.2, -0.15) is 0 Å². The smallest absolute Gasteiger partial charge is 0.142 e. The number of hydrogen-bond donors (Lipinski definition) is 0. The Balaban J connectivity index is 1.24. The highest BCUT2D eigenvalue weighted by atomic mass is 16.5. The number of para-hydroxylation sites is 1. The Morgan fingerprint density at radius 3 is 1.80 bits per heavy atom. The predicted molar refractivity (Wildman–Crippen MR) is 224 cm³/mol. The molecule has 0 atom stereocenters. The maximum absolute atomic E-state index is 7.27. The molecule has 0 saturated heterocycles. The Bertz CT molecular complexity index is 3070. The first-order valence-electron chi connectivity index (χ1n) is 18.9. The molecule has 3 heterocycles. The molecule has 3 nitrogen and oxygen atoms in total. The molecule has 2 aliphatic rings. The maximum atomic E-state index is 7.27. The van der Waals surface area contributed by atoms with E-state index in [1.54, 1.807) is 0 Å².